The third-order valence-electron chi connectivity index (χ3n) is 4.00. The van der Waals surface area contributed by atoms with Crippen molar-refractivity contribution in [3.8, 4) is 5.75 Å². The third kappa shape index (κ3) is 5.89. The predicted molar refractivity (Wildman–Crippen MR) is 119 cm³/mol. The number of anilines is 2. The molecule has 3 rings (SSSR count). The molecule has 3 aromatic carbocycles. The van der Waals surface area contributed by atoms with E-state index in [-0.39, 0.29) is 28.2 Å². The van der Waals surface area contributed by atoms with Gasteiger partial charge in [0.2, 0.25) is 0 Å². The van der Waals surface area contributed by atoms with Crippen LogP contribution in [0.4, 0.5) is 11.4 Å². The highest BCUT2D eigenvalue weighted by atomic mass is 35.5. The van der Waals surface area contributed by atoms with Crippen molar-refractivity contribution in [1.82, 2.24) is 0 Å². The van der Waals surface area contributed by atoms with Crippen LogP contribution in [0.5, 0.6) is 5.75 Å². The molecule has 0 aromatic heterocycles. The normalized spacial score (nSPS) is 11.0. The van der Waals surface area contributed by atoms with Gasteiger partial charge in [0.05, 0.1) is 9.92 Å². The van der Waals surface area contributed by atoms with E-state index in [1.54, 1.807) is 36.4 Å². The molecule has 0 aliphatic rings. The van der Waals surface area contributed by atoms with Crippen LogP contribution in [0.3, 0.4) is 0 Å². The smallest absolute Gasteiger partial charge is 0.262 e. The second-order valence-corrected chi connectivity index (χ2v) is 8.93. The van der Waals surface area contributed by atoms with Gasteiger partial charge in [-0.3, -0.25) is 9.52 Å². The molecule has 0 spiro atoms. The molecule has 6 nitrogen and oxygen atoms in total. The molecule has 9 heteroatoms. The van der Waals surface area contributed by atoms with Gasteiger partial charge < -0.3 is 10.1 Å². The van der Waals surface area contributed by atoms with Crippen LogP contribution in [0.1, 0.15) is 5.56 Å². The third-order valence-corrected chi connectivity index (χ3v) is 5.93. The molecule has 0 fully saturated rings. The first kappa shape index (κ1) is 22.0. The van der Waals surface area contributed by atoms with Crippen LogP contribution in [-0.2, 0) is 14.8 Å². The van der Waals surface area contributed by atoms with E-state index in [0.29, 0.717) is 16.4 Å². The van der Waals surface area contributed by atoms with Gasteiger partial charge in [-0.15, -0.1) is 0 Å². The Kier molecular flexibility index (Phi) is 6.87. The van der Waals surface area contributed by atoms with Crippen LogP contribution in [0.15, 0.2) is 71.6 Å². The summed E-state index contributed by atoms with van der Waals surface area (Å²) in [4.78, 5) is 12.0. The molecular weight excluding hydrogens is 447 g/mol. The summed E-state index contributed by atoms with van der Waals surface area (Å²) < 4.78 is 32.9. The van der Waals surface area contributed by atoms with Crippen molar-refractivity contribution in [2.45, 2.75) is 11.8 Å². The maximum atomic E-state index is 12.5. The molecule has 0 bridgehead atoms. The minimum atomic E-state index is -3.85. The number of amides is 1. The number of halogens is 2. The fraction of sp³-hybridized carbons (Fsp3) is 0.0952. The quantitative estimate of drug-likeness (QED) is 0.507. The molecule has 0 aliphatic carbocycles. The summed E-state index contributed by atoms with van der Waals surface area (Å²) in [6, 6.07) is 17.6. The molecule has 30 heavy (non-hydrogen) atoms. The minimum absolute atomic E-state index is 0.0427. The van der Waals surface area contributed by atoms with E-state index in [1.165, 1.54) is 18.2 Å². The van der Waals surface area contributed by atoms with Crippen LogP contribution in [0.25, 0.3) is 0 Å². The van der Waals surface area contributed by atoms with Gasteiger partial charge in [0.1, 0.15) is 5.75 Å². The standard InChI is InChI=1S/C21H18Cl2N2O4S/c1-14-2-6-16(7-3-14)24-21(26)13-29-20-11-10-18(12-19(20)23)30(27,28)25-17-8-4-15(22)5-9-17/h2-12,25H,13H2,1H3,(H,24,26). The Bertz CT molecular complexity index is 1150. The van der Waals surface area contributed by atoms with E-state index in [9.17, 15) is 13.2 Å². The van der Waals surface area contributed by atoms with Gasteiger partial charge in [0.15, 0.2) is 6.61 Å². The van der Waals surface area contributed by atoms with Crippen LogP contribution in [0.2, 0.25) is 10.0 Å². The van der Waals surface area contributed by atoms with E-state index >= 15 is 0 Å². The highest BCUT2D eigenvalue weighted by molar-refractivity contribution is 7.92. The zero-order valence-electron chi connectivity index (χ0n) is 15.9. The fourth-order valence-electron chi connectivity index (χ4n) is 2.48. The second kappa shape index (κ2) is 9.38. The number of sulfonamides is 1. The Labute approximate surface area is 184 Å². The molecule has 0 heterocycles. The Morgan fingerprint density at radius 3 is 2.20 bits per heavy atom. The van der Waals surface area contributed by atoms with Gasteiger partial charge in [-0.1, -0.05) is 40.9 Å². The van der Waals surface area contributed by atoms with E-state index in [0.717, 1.165) is 5.56 Å². The number of benzene rings is 3. The van der Waals surface area contributed by atoms with Crippen molar-refractivity contribution >= 4 is 50.5 Å². The second-order valence-electron chi connectivity index (χ2n) is 6.41. The lowest BCUT2D eigenvalue weighted by Crippen LogP contribution is -2.20. The monoisotopic (exact) mass is 464 g/mol. The van der Waals surface area contributed by atoms with Crippen molar-refractivity contribution in [3.63, 3.8) is 0 Å². The largest absolute Gasteiger partial charge is 0.482 e. The number of carbonyl (C=O) groups is 1. The Morgan fingerprint density at radius 1 is 0.933 bits per heavy atom. The van der Waals surface area contributed by atoms with Gasteiger partial charge in [-0.2, -0.15) is 0 Å². The average Bonchev–Trinajstić information content (AvgIpc) is 2.70. The molecular formula is C21H18Cl2N2O4S. The molecule has 156 valence electrons. The maximum absolute atomic E-state index is 12.5. The van der Waals surface area contributed by atoms with Crippen molar-refractivity contribution in [2.24, 2.45) is 0 Å². The van der Waals surface area contributed by atoms with Gasteiger partial charge >= 0.3 is 0 Å². The lowest BCUT2D eigenvalue weighted by atomic mass is 10.2. The number of hydrogen-bond acceptors (Lipinski definition) is 4. The van der Waals surface area contributed by atoms with Crippen LogP contribution < -0.4 is 14.8 Å². The molecule has 0 atom stereocenters. The first-order chi connectivity index (χ1) is 14.2. The number of hydrogen-bond donors (Lipinski definition) is 2. The molecule has 0 aliphatic heterocycles. The van der Waals surface area contributed by atoms with Gasteiger partial charge in [-0.25, -0.2) is 8.42 Å². The molecule has 3 aromatic rings. The molecule has 0 radical (unpaired) electrons. The Hall–Kier alpha value is -2.74. The van der Waals surface area contributed by atoms with E-state index in [4.69, 9.17) is 27.9 Å². The number of ether oxygens (including phenoxy) is 1. The summed E-state index contributed by atoms with van der Waals surface area (Å²) >= 11 is 12.0. The van der Waals surface area contributed by atoms with Crippen LogP contribution in [-0.4, -0.2) is 20.9 Å². The van der Waals surface area contributed by atoms with Crippen molar-refractivity contribution in [3.05, 3.63) is 82.3 Å². The van der Waals surface area contributed by atoms with E-state index in [1.807, 2.05) is 19.1 Å². The summed E-state index contributed by atoms with van der Waals surface area (Å²) in [5.41, 5.74) is 2.09. The van der Waals surface area contributed by atoms with Crippen molar-refractivity contribution in [2.75, 3.05) is 16.6 Å². The van der Waals surface area contributed by atoms with E-state index in [2.05, 4.69) is 10.0 Å². The summed E-state index contributed by atoms with van der Waals surface area (Å²) in [7, 11) is -3.85. The molecule has 2 N–H and O–H groups in total. The van der Waals surface area contributed by atoms with Crippen molar-refractivity contribution in [1.29, 1.82) is 0 Å². The van der Waals surface area contributed by atoms with Crippen LogP contribution in [0, 0.1) is 6.92 Å². The summed E-state index contributed by atoms with van der Waals surface area (Å²) in [6.07, 6.45) is 0. The summed E-state index contributed by atoms with van der Waals surface area (Å²) in [5, 5.41) is 3.26. The van der Waals surface area contributed by atoms with Gasteiger partial charge in [0, 0.05) is 16.4 Å². The zero-order chi connectivity index (χ0) is 21.7. The predicted octanol–water partition coefficient (Wildman–Crippen LogP) is 5.12. The number of aryl methyl sites for hydroxylation is 1. The first-order valence-electron chi connectivity index (χ1n) is 8.80. The Balaban J connectivity index is 1.63. The lowest BCUT2D eigenvalue weighted by Gasteiger charge is -2.12. The average molecular weight is 465 g/mol. The molecule has 0 saturated heterocycles. The molecule has 1 amide bonds. The minimum Gasteiger partial charge on any atom is -0.482 e. The Morgan fingerprint density at radius 2 is 1.57 bits per heavy atom. The molecule has 0 saturated carbocycles. The number of carbonyl (C=O) groups excluding carboxylic acids is 1. The zero-order valence-corrected chi connectivity index (χ0v) is 18.2. The lowest BCUT2D eigenvalue weighted by molar-refractivity contribution is -0.118. The maximum Gasteiger partial charge on any atom is 0.262 e. The summed E-state index contributed by atoms with van der Waals surface area (Å²) in [5.74, 6) is -0.169. The number of nitrogens with one attached hydrogen (secondary N) is 2. The SMILES string of the molecule is Cc1ccc(NC(=O)COc2ccc(S(=O)(=O)Nc3ccc(Cl)cc3)cc2Cl)cc1. The van der Waals surface area contributed by atoms with Gasteiger partial charge in [0.25, 0.3) is 15.9 Å². The van der Waals surface area contributed by atoms with Crippen LogP contribution >= 0.6 is 23.2 Å². The first-order valence-corrected chi connectivity index (χ1v) is 11.0. The van der Waals surface area contributed by atoms with Gasteiger partial charge in [-0.05, 0) is 61.5 Å². The van der Waals surface area contributed by atoms with E-state index < -0.39 is 10.0 Å². The highest BCUT2D eigenvalue weighted by Crippen LogP contribution is 2.28. The number of rotatable bonds is 7. The summed E-state index contributed by atoms with van der Waals surface area (Å²) in [6.45, 7) is 1.67. The highest BCUT2D eigenvalue weighted by Gasteiger charge is 2.17. The van der Waals surface area contributed by atoms with Crippen molar-refractivity contribution < 1.29 is 17.9 Å². The molecule has 0 unspecified atom stereocenters. The topological polar surface area (TPSA) is 84.5 Å². The fourth-order valence-corrected chi connectivity index (χ4v) is 3.99.